The molecule has 0 bridgehead atoms. The van der Waals surface area contributed by atoms with Gasteiger partial charge in [0.25, 0.3) is 5.91 Å². The third kappa shape index (κ3) is 6.15. The fraction of sp³-hybridized carbons (Fsp3) is 0.208. The van der Waals surface area contributed by atoms with E-state index in [0.29, 0.717) is 21.8 Å². The van der Waals surface area contributed by atoms with Crippen molar-refractivity contribution in [3.8, 4) is 0 Å². The van der Waals surface area contributed by atoms with Crippen LogP contribution >= 0.6 is 23.1 Å². The summed E-state index contributed by atoms with van der Waals surface area (Å²) in [6, 6.07) is 16.3. The molecule has 3 rings (SSSR count). The normalized spacial score (nSPS) is 11.5. The molecule has 1 heterocycles. The van der Waals surface area contributed by atoms with E-state index in [-0.39, 0.29) is 29.0 Å². The first-order valence-corrected chi connectivity index (χ1v) is 12.0. The van der Waals surface area contributed by atoms with Gasteiger partial charge < -0.3 is 21.1 Å². The van der Waals surface area contributed by atoms with Gasteiger partial charge in [-0.1, -0.05) is 24.3 Å². The summed E-state index contributed by atoms with van der Waals surface area (Å²) >= 11 is 2.39. The highest BCUT2D eigenvalue weighted by molar-refractivity contribution is 8.00. The van der Waals surface area contributed by atoms with Crippen molar-refractivity contribution in [3.63, 3.8) is 0 Å². The number of benzene rings is 2. The number of hydrogen-bond acceptors (Lipinski definition) is 7. The monoisotopic (exact) mass is 483 g/mol. The molecule has 2 aromatic carbocycles. The van der Waals surface area contributed by atoms with E-state index in [1.165, 1.54) is 11.8 Å². The number of amides is 2. The van der Waals surface area contributed by atoms with Gasteiger partial charge in [-0.05, 0) is 56.7 Å². The zero-order valence-electron chi connectivity index (χ0n) is 18.5. The molecule has 0 saturated carbocycles. The number of para-hydroxylation sites is 1. The van der Waals surface area contributed by atoms with E-state index in [1.807, 2.05) is 30.3 Å². The number of rotatable bonds is 8. The number of nitrogens with two attached hydrogens (primary N) is 1. The van der Waals surface area contributed by atoms with Crippen molar-refractivity contribution in [2.45, 2.75) is 30.9 Å². The molecule has 3 aromatic rings. The van der Waals surface area contributed by atoms with Crippen LogP contribution in [0.5, 0.6) is 0 Å². The molecule has 1 atom stereocenters. The minimum absolute atomic E-state index is 0.175. The highest BCUT2D eigenvalue weighted by atomic mass is 32.2. The summed E-state index contributed by atoms with van der Waals surface area (Å²) in [5.41, 5.74) is 7.70. The molecule has 0 aliphatic carbocycles. The molecule has 7 nitrogen and oxygen atoms in total. The summed E-state index contributed by atoms with van der Waals surface area (Å²) in [6.07, 6.45) is 0. The van der Waals surface area contributed by atoms with E-state index in [0.717, 1.165) is 16.2 Å². The quantitative estimate of drug-likeness (QED) is 0.231. The highest BCUT2D eigenvalue weighted by Crippen LogP contribution is 2.35. The zero-order valence-corrected chi connectivity index (χ0v) is 20.1. The molecule has 0 aliphatic rings. The molecule has 0 spiro atoms. The lowest BCUT2D eigenvalue weighted by Gasteiger charge is -2.12. The van der Waals surface area contributed by atoms with Crippen molar-refractivity contribution in [1.29, 1.82) is 0 Å². The van der Waals surface area contributed by atoms with Crippen LogP contribution in [-0.4, -0.2) is 29.6 Å². The number of thiophene rings is 1. The standard InChI is InChI=1S/C24H25N3O4S2/c1-4-31-24(30)19-14(2)20(22(29)26-17-10-6-5-7-11-17)33-23(19)27-21(28)15(3)32-18-12-8-9-16(25)13-18/h5-13,15H,4,25H2,1-3H3,(H,26,29)(H,27,28). The van der Waals surface area contributed by atoms with Crippen LogP contribution in [0.3, 0.4) is 0 Å². The second-order valence-electron chi connectivity index (χ2n) is 7.12. The summed E-state index contributed by atoms with van der Waals surface area (Å²) in [5, 5.41) is 5.45. The number of carbonyl (C=O) groups is 3. The Hall–Kier alpha value is -3.30. The minimum atomic E-state index is -0.587. The highest BCUT2D eigenvalue weighted by Gasteiger charge is 2.28. The molecule has 4 N–H and O–H groups in total. The third-order valence-corrected chi connectivity index (χ3v) is 6.94. The summed E-state index contributed by atoms with van der Waals surface area (Å²) in [4.78, 5) is 39.6. The Morgan fingerprint density at radius 2 is 1.82 bits per heavy atom. The van der Waals surface area contributed by atoms with Crippen LogP contribution in [-0.2, 0) is 9.53 Å². The molecular weight excluding hydrogens is 458 g/mol. The SMILES string of the molecule is CCOC(=O)c1c(NC(=O)C(C)Sc2cccc(N)c2)sc(C(=O)Nc2ccccc2)c1C. The van der Waals surface area contributed by atoms with Gasteiger partial charge in [-0.3, -0.25) is 9.59 Å². The molecule has 1 aromatic heterocycles. The molecule has 33 heavy (non-hydrogen) atoms. The van der Waals surface area contributed by atoms with Crippen LogP contribution in [0, 0.1) is 6.92 Å². The average Bonchev–Trinajstić information content (AvgIpc) is 3.10. The van der Waals surface area contributed by atoms with Crippen LogP contribution < -0.4 is 16.4 Å². The molecule has 0 saturated heterocycles. The fourth-order valence-electron chi connectivity index (χ4n) is 3.04. The number of nitrogens with one attached hydrogen (secondary N) is 2. The Kier molecular flexibility index (Phi) is 8.13. The van der Waals surface area contributed by atoms with Crippen LogP contribution in [0.15, 0.2) is 59.5 Å². The number of anilines is 3. The molecule has 0 fully saturated rings. The molecule has 0 radical (unpaired) electrons. The lowest BCUT2D eigenvalue weighted by molar-refractivity contribution is -0.115. The number of esters is 1. The van der Waals surface area contributed by atoms with Crippen LogP contribution in [0.1, 0.15) is 39.4 Å². The minimum Gasteiger partial charge on any atom is -0.462 e. The lowest BCUT2D eigenvalue weighted by atomic mass is 10.1. The van der Waals surface area contributed by atoms with Gasteiger partial charge >= 0.3 is 5.97 Å². The summed E-state index contributed by atoms with van der Waals surface area (Å²) < 4.78 is 5.18. The van der Waals surface area contributed by atoms with E-state index >= 15 is 0 Å². The number of thioether (sulfide) groups is 1. The predicted octanol–water partition coefficient (Wildman–Crippen LogP) is 5.19. The first-order valence-electron chi connectivity index (χ1n) is 10.3. The Balaban J connectivity index is 1.84. The van der Waals surface area contributed by atoms with E-state index in [4.69, 9.17) is 10.5 Å². The van der Waals surface area contributed by atoms with Gasteiger partial charge in [0.05, 0.1) is 22.3 Å². The van der Waals surface area contributed by atoms with Crippen molar-refractivity contribution in [2.75, 3.05) is 23.0 Å². The van der Waals surface area contributed by atoms with Crippen molar-refractivity contribution in [2.24, 2.45) is 0 Å². The van der Waals surface area contributed by atoms with Crippen molar-refractivity contribution >= 4 is 57.3 Å². The fourth-order valence-corrected chi connectivity index (χ4v) is 5.06. The van der Waals surface area contributed by atoms with Crippen molar-refractivity contribution in [1.82, 2.24) is 0 Å². The molecule has 0 aliphatic heterocycles. The number of ether oxygens (including phenoxy) is 1. The maximum Gasteiger partial charge on any atom is 0.341 e. The molecular formula is C24H25N3O4S2. The van der Waals surface area contributed by atoms with E-state index < -0.39 is 11.2 Å². The van der Waals surface area contributed by atoms with Gasteiger partial charge in [-0.15, -0.1) is 23.1 Å². The summed E-state index contributed by atoms with van der Waals surface area (Å²) in [5.74, 6) is -1.25. The predicted molar refractivity (Wildman–Crippen MR) is 134 cm³/mol. The topological polar surface area (TPSA) is 111 Å². The van der Waals surface area contributed by atoms with Gasteiger partial charge in [0, 0.05) is 16.3 Å². The maximum atomic E-state index is 12.9. The Morgan fingerprint density at radius 3 is 2.48 bits per heavy atom. The van der Waals surface area contributed by atoms with Crippen LogP contribution in [0.2, 0.25) is 0 Å². The second kappa shape index (κ2) is 11.0. The van der Waals surface area contributed by atoms with Gasteiger partial charge in [0.15, 0.2) is 0 Å². The first-order chi connectivity index (χ1) is 15.8. The van der Waals surface area contributed by atoms with E-state index in [1.54, 1.807) is 45.0 Å². The van der Waals surface area contributed by atoms with Crippen LogP contribution in [0.25, 0.3) is 0 Å². The Labute approximate surface area is 200 Å². The number of carbonyl (C=O) groups excluding carboxylic acids is 3. The zero-order chi connectivity index (χ0) is 24.0. The number of nitrogen functional groups attached to an aromatic ring is 1. The average molecular weight is 484 g/mol. The maximum absolute atomic E-state index is 12.9. The van der Waals surface area contributed by atoms with Crippen LogP contribution in [0.4, 0.5) is 16.4 Å². The van der Waals surface area contributed by atoms with Gasteiger partial charge in [-0.2, -0.15) is 0 Å². The molecule has 9 heteroatoms. The van der Waals surface area contributed by atoms with Gasteiger partial charge in [0.2, 0.25) is 5.91 Å². The van der Waals surface area contributed by atoms with Gasteiger partial charge in [0.1, 0.15) is 5.00 Å². The second-order valence-corrected chi connectivity index (χ2v) is 9.56. The molecule has 2 amide bonds. The summed E-state index contributed by atoms with van der Waals surface area (Å²) in [7, 11) is 0. The molecule has 172 valence electrons. The smallest absolute Gasteiger partial charge is 0.341 e. The third-order valence-electron chi connectivity index (χ3n) is 4.64. The molecule has 1 unspecified atom stereocenters. The Morgan fingerprint density at radius 1 is 1.09 bits per heavy atom. The summed E-state index contributed by atoms with van der Waals surface area (Å²) in [6.45, 7) is 5.31. The van der Waals surface area contributed by atoms with E-state index in [9.17, 15) is 14.4 Å². The van der Waals surface area contributed by atoms with Crippen molar-refractivity contribution < 1.29 is 19.1 Å². The Bertz CT molecular complexity index is 1160. The van der Waals surface area contributed by atoms with Gasteiger partial charge in [-0.25, -0.2) is 4.79 Å². The largest absolute Gasteiger partial charge is 0.462 e. The van der Waals surface area contributed by atoms with Crippen molar-refractivity contribution in [3.05, 3.63) is 70.6 Å². The number of hydrogen-bond donors (Lipinski definition) is 3. The first kappa shape index (κ1) is 24.3. The lowest BCUT2D eigenvalue weighted by Crippen LogP contribution is -2.23. The van der Waals surface area contributed by atoms with E-state index in [2.05, 4.69) is 10.6 Å².